The number of benzene rings is 1. The molecule has 0 aliphatic carbocycles. The summed E-state index contributed by atoms with van der Waals surface area (Å²) in [5, 5.41) is 0.645. The SMILES string of the molecule is CCCOc1ccc(C(=O)NNC(=O)c2sc3nc(COC)nc(OC)c3c2C)cc1OC. The normalized spacial score (nSPS) is 10.7. The Morgan fingerprint density at radius 1 is 1.03 bits per heavy atom. The highest BCUT2D eigenvalue weighted by Gasteiger charge is 2.22. The number of hydrazine groups is 1. The van der Waals surface area contributed by atoms with Crippen LogP contribution in [0.4, 0.5) is 0 Å². The van der Waals surface area contributed by atoms with Gasteiger partial charge < -0.3 is 18.9 Å². The molecule has 0 aliphatic rings. The molecule has 0 bridgehead atoms. The van der Waals surface area contributed by atoms with Gasteiger partial charge >= 0.3 is 0 Å². The highest BCUT2D eigenvalue weighted by atomic mass is 32.1. The second-order valence-electron chi connectivity index (χ2n) is 6.94. The Morgan fingerprint density at radius 3 is 2.45 bits per heavy atom. The molecular formula is C22H26N4O6S. The molecule has 3 aromatic rings. The maximum atomic E-state index is 12.8. The fourth-order valence-electron chi connectivity index (χ4n) is 3.08. The van der Waals surface area contributed by atoms with Gasteiger partial charge in [-0.1, -0.05) is 6.92 Å². The highest BCUT2D eigenvalue weighted by Crippen LogP contribution is 2.35. The van der Waals surface area contributed by atoms with Gasteiger partial charge in [0, 0.05) is 12.7 Å². The van der Waals surface area contributed by atoms with Gasteiger partial charge in [-0.15, -0.1) is 11.3 Å². The standard InChI is InChI=1S/C22H26N4O6S/c1-6-9-32-14-8-7-13(10-15(14)30-4)19(27)25-26-20(28)18-12(2)17-21(31-5)23-16(11-29-3)24-22(17)33-18/h7-8,10H,6,9,11H2,1-5H3,(H,25,27)(H,26,28). The number of carbonyl (C=O) groups excluding carboxylic acids is 2. The van der Waals surface area contributed by atoms with Crippen molar-refractivity contribution in [1.82, 2.24) is 20.8 Å². The van der Waals surface area contributed by atoms with Crippen molar-refractivity contribution in [3.8, 4) is 17.4 Å². The number of thiophene rings is 1. The van der Waals surface area contributed by atoms with E-state index in [0.29, 0.717) is 56.0 Å². The molecule has 3 rings (SSSR count). The van der Waals surface area contributed by atoms with Gasteiger partial charge in [-0.25, -0.2) is 4.98 Å². The Hall–Kier alpha value is -3.44. The molecule has 11 heteroatoms. The summed E-state index contributed by atoms with van der Waals surface area (Å²) < 4.78 is 21.4. The maximum Gasteiger partial charge on any atom is 0.280 e. The molecule has 0 atom stereocenters. The molecule has 0 unspecified atom stereocenters. The Bertz CT molecular complexity index is 1160. The first-order chi connectivity index (χ1) is 15.9. The Labute approximate surface area is 195 Å². The summed E-state index contributed by atoms with van der Waals surface area (Å²) in [5.41, 5.74) is 5.84. The van der Waals surface area contributed by atoms with Crippen LogP contribution < -0.4 is 25.1 Å². The molecular weight excluding hydrogens is 448 g/mol. The number of fused-ring (bicyclic) bond motifs is 1. The number of hydrogen-bond donors (Lipinski definition) is 2. The van der Waals surface area contributed by atoms with Crippen LogP contribution in [-0.4, -0.2) is 49.7 Å². The topological polar surface area (TPSA) is 121 Å². The lowest BCUT2D eigenvalue weighted by atomic mass is 10.2. The van der Waals surface area contributed by atoms with E-state index in [-0.39, 0.29) is 6.61 Å². The van der Waals surface area contributed by atoms with Crippen LogP contribution in [0.5, 0.6) is 17.4 Å². The maximum absolute atomic E-state index is 12.8. The third-order valence-electron chi connectivity index (χ3n) is 4.65. The summed E-state index contributed by atoms with van der Waals surface area (Å²) in [6.45, 7) is 4.52. The van der Waals surface area contributed by atoms with Crippen molar-refractivity contribution in [1.29, 1.82) is 0 Å². The van der Waals surface area contributed by atoms with Gasteiger partial charge in [0.1, 0.15) is 11.4 Å². The summed E-state index contributed by atoms with van der Waals surface area (Å²) in [7, 11) is 4.54. The van der Waals surface area contributed by atoms with E-state index in [1.165, 1.54) is 25.6 Å². The van der Waals surface area contributed by atoms with Crippen molar-refractivity contribution < 1.29 is 28.5 Å². The van der Waals surface area contributed by atoms with Gasteiger partial charge in [-0.05, 0) is 37.1 Å². The molecule has 0 saturated heterocycles. The van der Waals surface area contributed by atoms with Crippen molar-refractivity contribution in [3.05, 3.63) is 40.0 Å². The fourth-order valence-corrected chi connectivity index (χ4v) is 4.17. The number of rotatable bonds is 9. The molecule has 0 fully saturated rings. The number of amides is 2. The average molecular weight is 475 g/mol. The molecule has 0 aliphatic heterocycles. The molecule has 2 heterocycles. The summed E-state index contributed by atoms with van der Waals surface area (Å²) in [6.07, 6.45) is 0.847. The molecule has 0 spiro atoms. The van der Waals surface area contributed by atoms with Crippen LogP contribution in [0.1, 0.15) is 44.8 Å². The first-order valence-corrected chi connectivity index (χ1v) is 11.0. The zero-order valence-corrected chi connectivity index (χ0v) is 19.9. The quantitative estimate of drug-likeness (QED) is 0.454. The predicted molar refractivity (Wildman–Crippen MR) is 123 cm³/mol. The van der Waals surface area contributed by atoms with Crippen LogP contribution in [0.25, 0.3) is 10.2 Å². The van der Waals surface area contributed by atoms with E-state index >= 15 is 0 Å². The smallest absolute Gasteiger partial charge is 0.280 e. The Morgan fingerprint density at radius 2 is 1.79 bits per heavy atom. The number of ether oxygens (including phenoxy) is 4. The molecule has 2 aromatic heterocycles. The van der Waals surface area contributed by atoms with Crippen LogP contribution in [0.15, 0.2) is 18.2 Å². The molecule has 1 aromatic carbocycles. The molecule has 0 radical (unpaired) electrons. The van der Waals surface area contributed by atoms with Gasteiger partial charge in [-0.3, -0.25) is 20.4 Å². The second kappa shape index (κ2) is 10.9. The summed E-state index contributed by atoms with van der Waals surface area (Å²) >= 11 is 1.18. The number of methoxy groups -OCH3 is 3. The predicted octanol–water partition coefficient (Wildman–Crippen LogP) is 3.03. The largest absolute Gasteiger partial charge is 0.493 e. The summed E-state index contributed by atoms with van der Waals surface area (Å²) in [4.78, 5) is 35.1. The van der Waals surface area contributed by atoms with Crippen molar-refractivity contribution >= 4 is 33.4 Å². The van der Waals surface area contributed by atoms with E-state index in [2.05, 4.69) is 20.8 Å². The third kappa shape index (κ3) is 5.32. The lowest BCUT2D eigenvalue weighted by Crippen LogP contribution is -2.41. The van der Waals surface area contributed by atoms with Crippen LogP contribution >= 0.6 is 11.3 Å². The minimum absolute atomic E-state index is 0.215. The first-order valence-electron chi connectivity index (χ1n) is 10.2. The van der Waals surface area contributed by atoms with Gasteiger partial charge in [0.2, 0.25) is 5.88 Å². The third-order valence-corrected chi connectivity index (χ3v) is 5.84. The number of carbonyl (C=O) groups is 2. The monoisotopic (exact) mass is 474 g/mol. The number of nitrogens with zero attached hydrogens (tertiary/aromatic N) is 2. The van der Waals surface area contributed by atoms with Crippen LogP contribution in [0, 0.1) is 6.92 Å². The molecule has 10 nitrogen and oxygen atoms in total. The lowest BCUT2D eigenvalue weighted by molar-refractivity contribution is 0.0848. The van der Waals surface area contributed by atoms with E-state index < -0.39 is 11.8 Å². The minimum Gasteiger partial charge on any atom is -0.493 e. The van der Waals surface area contributed by atoms with Gasteiger partial charge in [0.05, 0.1) is 31.1 Å². The molecule has 2 N–H and O–H groups in total. The van der Waals surface area contributed by atoms with Crippen LogP contribution in [0.2, 0.25) is 0 Å². The molecule has 0 saturated carbocycles. The number of hydrogen-bond acceptors (Lipinski definition) is 9. The summed E-state index contributed by atoms with van der Waals surface area (Å²) in [6, 6.07) is 4.80. The number of nitrogens with one attached hydrogen (secondary N) is 2. The molecule has 176 valence electrons. The van der Waals surface area contributed by atoms with E-state index in [0.717, 1.165) is 6.42 Å². The minimum atomic E-state index is -0.498. The van der Waals surface area contributed by atoms with Crippen LogP contribution in [0.3, 0.4) is 0 Å². The van der Waals surface area contributed by atoms with Gasteiger partial charge in [-0.2, -0.15) is 4.98 Å². The van der Waals surface area contributed by atoms with Crippen molar-refractivity contribution in [2.24, 2.45) is 0 Å². The number of aromatic nitrogens is 2. The Kier molecular flexibility index (Phi) is 8.01. The van der Waals surface area contributed by atoms with E-state index in [9.17, 15) is 9.59 Å². The van der Waals surface area contributed by atoms with E-state index in [1.807, 2.05) is 6.92 Å². The van der Waals surface area contributed by atoms with Gasteiger partial charge in [0.15, 0.2) is 17.3 Å². The van der Waals surface area contributed by atoms with E-state index in [1.54, 1.807) is 32.2 Å². The molecule has 2 amide bonds. The van der Waals surface area contributed by atoms with E-state index in [4.69, 9.17) is 18.9 Å². The van der Waals surface area contributed by atoms with Crippen LogP contribution in [-0.2, 0) is 11.3 Å². The average Bonchev–Trinajstić information content (AvgIpc) is 3.16. The highest BCUT2D eigenvalue weighted by molar-refractivity contribution is 7.20. The van der Waals surface area contributed by atoms with Crippen molar-refractivity contribution in [2.45, 2.75) is 26.9 Å². The zero-order chi connectivity index (χ0) is 24.0. The van der Waals surface area contributed by atoms with Crippen molar-refractivity contribution in [2.75, 3.05) is 27.9 Å². The number of aryl methyl sites for hydroxylation is 1. The summed E-state index contributed by atoms with van der Waals surface area (Å²) in [5.74, 6) is 0.811. The fraction of sp³-hybridized carbons (Fsp3) is 0.364. The Balaban J connectivity index is 1.76. The molecule has 33 heavy (non-hydrogen) atoms. The first kappa shape index (κ1) is 24.2. The van der Waals surface area contributed by atoms with Gasteiger partial charge in [0.25, 0.3) is 11.8 Å². The second-order valence-corrected chi connectivity index (χ2v) is 7.94. The van der Waals surface area contributed by atoms with Crippen molar-refractivity contribution in [3.63, 3.8) is 0 Å². The zero-order valence-electron chi connectivity index (χ0n) is 19.1. The lowest BCUT2D eigenvalue weighted by Gasteiger charge is -2.12.